The van der Waals surface area contributed by atoms with E-state index in [2.05, 4.69) is 6.58 Å². The van der Waals surface area contributed by atoms with E-state index in [1.807, 2.05) is 13.8 Å². The van der Waals surface area contributed by atoms with Crippen LogP contribution in [0.1, 0.15) is 27.2 Å². The second kappa shape index (κ2) is 3.88. The number of hydrogen-bond acceptors (Lipinski definition) is 2. The maximum absolute atomic E-state index is 9.69. The molecule has 11 heavy (non-hydrogen) atoms. The zero-order valence-electron chi connectivity index (χ0n) is 7.54. The Labute approximate surface area is 68.6 Å². The molecule has 2 N–H and O–H groups in total. The Kier molecular flexibility index (Phi) is 3.76. The van der Waals surface area contributed by atoms with Gasteiger partial charge in [-0.3, -0.25) is 0 Å². The molecule has 0 aromatic carbocycles. The van der Waals surface area contributed by atoms with Gasteiger partial charge in [0.2, 0.25) is 0 Å². The van der Waals surface area contributed by atoms with Crippen molar-refractivity contribution in [2.45, 2.75) is 38.9 Å². The Hall–Kier alpha value is -0.340. The van der Waals surface area contributed by atoms with E-state index in [0.717, 1.165) is 0 Å². The first-order valence-electron chi connectivity index (χ1n) is 3.93. The molecule has 66 valence electrons. The van der Waals surface area contributed by atoms with Gasteiger partial charge in [-0.05, 0) is 12.8 Å². The van der Waals surface area contributed by atoms with Gasteiger partial charge in [0.1, 0.15) is 0 Å². The van der Waals surface area contributed by atoms with Crippen LogP contribution in [0.5, 0.6) is 0 Å². The van der Waals surface area contributed by atoms with Gasteiger partial charge in [-0.25, -0.2) is 0 Å². The Balaban J connectivity index is 4.00. The minimum absolute atomic E-state index is 0.150. The van der Waals surface area contributed by atoms with Gasteiger partial charge in [0, 0.05) is 6.42 Å². The summed E-state index contributed by atoms with van der Waals surface area (Å²) < 4.78 is 0. The molecular formula is C9H18O2. The first-order valence-corrected chi connectivity index (χ1v) is 3.93. The molecule has 0 aliphatic carbocycles. The molecule has 0 heterocycles. The van der Waals surface area contributed by atoms with E-state index in [-0.39, 0.29) is 5.92 Å². The maximum atomic E-state index is 9.69. The Morgan fingerprint density at radius 1 is 1.55 bits per heavy atom. The summed E-state index contributed by atoms with van der Waals surface area (Å²) in [4.78, 5) is 0. The molecule has 0 rings (SSSR count). The van der Waals surface area contributed by atoms with Crippen LogP contribution in [0.15, 0.2) is 12.7 Å². The Morgan fingerprint density at radius 3 is 2.27 bits per heavy atom. The lowest BCUT2D eigenvalue weighted by Gasteiger charge is -2.28. The maximum Gasteiger partial charge on any atom is 0.0745 e. The Bertz CT molecular complexity index is 128. The van der Waals surface area contributed by atoms with E-state index in [4.69, 9.17) is 5.11 Å². The molecular weight excluding hydrogens is 140 g/mol. The molecule has 0 fully saturated rings. The van der Waals surface area contributed by atoms with Gasteiger partial charge in [-0.1, -0.05) is 19.9 Å². The van der Waals surface area contributed by atoms with Crippen LogP contribution in [0.25, 0.3) is 0 Å². The highest BCUT2D eigenvalue weighted by atomic mass is 16.3. The molecule has 2 heteroatoms. The van der Waals surface area contributed by atoms with Crippen molar-refractivity contribution >= 4 is 0 Å². The van der Waals surface area contributed by atoms with Crippen LogP contribution < -0.4 is 0 Å². The molecule has 0 amide bonds. The van der Waals surface area contributed by atoms with Gasteiger partial charge in [0.25, 0.3) is 0 Å². The molecule has 0 bridgehead atoms. The fourth-order valence-corrected chi connectivity index (χ4v) is 0.742. The van der Waals surface area contributed by atoms with Crippen molar-refractivity contribution in [2.24, 2.45) is 5.92 Å². The third-order valence-electron chi connectivity index (χ3n) is 2.14. The summed E-state index contributed by atoms with van der Waals surface area (Å²) in [5, 5.41) is 18.8. The van der Waals surface area contributed by atoms with Crippen LogP contribution >= 0.6 is 0 Å². The second-order valence-electron chi connectivity index (χ2n) is 3.52. The number of aliphatic hydroxyl groups excluding tert-OH is 1. The van der Waals surface area contributed by atoms with E-state index < -0.39 is 11.7 Å². The van der Waals surface area contributed by atoms with Crippen LogP contribution in [0.2, 0.25) is 0 Å². The van der Waals surface area contributed by atoms with E-state index in [1.165, 1.54) is 6.08 Å². The summed E-state index contributed by atoms with van der Waals surface area (Å²) in [6.07, 6.45) is 1.19. The van der Waals surface area contributed by atoms with Gasteiger partial charge in [-0.2, -0.15) is 0 Å². The van der Waals surface area contributed by atoms with Crippen molar-refractivity contribution < 1.29 is 10.2 Å². The number of hydrogen-bond donors (Lipinski definition) is 2. The average Bonchev–Trinajstić information content (AvgIpc) is 1.86. The molecule has 0 aromatic rings. The normalized spacial score (nSPS) is 19.5. The Morgan fingerprint density at radius 2 is 2.00 bits per heavy atom. The zero-order chi connectivity index (χ0) is 9.07. The summed E-state index contributed by atoms with van der Waals surface area (Å²) in [5.74, 6) is 0.150. The lowest BCUT2D eigenvalue weighted by molar-refractivity contribution is -0.0208. The molecule has 0 aliphatic rings. The van der Waals surface area contributed by atoms with Crippen LogP contribution in [0, 0.1) is 5.92 Å². The minimum atomic E-state index is -0.798. The summed E-state index contributed by atoms with van der Waals surface area (Å²) in [6, 6.07) is 0. The molecule has 0 spiro atoms. The van der Waals surface area contributed by atoms with Crippen molar-refractivity contribution in [3.8, 4) is 0 Å². The van der Waals surface area contributed by atoms with Crippen LogP contribution in [-0.4, -0.2) is 21.9 Å². The van der Waals surface area contributed by atoms with Crippen LogP contribution in [0.3, 0.4) is 0 Å². The molecule has 0 saturated carbocycles. The van der Waals surface area contributed by atoms with Crippen molar-refractivity contribution in [1.82, 2.24) is 0 Å². The molecule has 2 unspecified atom stereocenters. The quantitative estimate of drug-likeness (QED) is 0.606. The highest BCUT2D eigenvalue weighted by molar-refractivity contribution is 4.87. The van der Waals surface area contributed by atoms with Crippen LogP contribution in [-0.2, 0) is 0 Å². The van der Waals surface area contributed by atoms with Crippen LogP contribution in [0.4, 0.5) is 0 Å². The van der Waals surface area contributed by atoms with Crippen molar-refractivity contribution in [3.05, 3.63) is 12.7 Å². The fraction of sp³-hybridized carbons (Fsp3) is 0.778. The lowest BCUT2D eigenvalue weighted by Crippen LogP contribution is -2.34. The summed E-state index contributed by atoms with van der Waals surface area (Å²) in [5.41, 5.74) is -0.798. The predicted octanol–water partition coefficient (Wildman–Crippen LogP) is 1.33. The van der Waals surface area contributed by atoms with Gasteiger partial charge in [-0.15, -0.1) is 6.58 Å². The summed E-state index contributed by atoms with van der Waals surface area (Å²) >= 11 is 0. The van der Waals surface area contributed by atoms with Gasteiger partial charge in [0.15, 0.2) is 0 Å². The predicted molar refractivity (Wildman–Crippen MR) is 46.3 cm³/mol. The molecule has 2 atom stereocenters. The fourth-order valence-electron chi connectivity index (χ4n) is 0.742. The number of aliphatic hydroxyl groups is 2. The second-order valence-corrected chi connectivity index (χ2v) is 3.52. The smallest absolute Gasteiger partial charge is 0.0745 e. The standard InChI is InChI=1S/C9H18O2/c1-5-8(10)6-9(4,11)7(2)3/h5,7-8,10-11H,1,6H2,2-4H3. The van der Waals surface area contributed by atoms with E-state index in [0.29, 0.717) is 6.42 Å². The third kappa shape index (κ3) is 3.54. The van der Waals surface area contributed by atoms with Gasteiger partial charge in [0.05, 0.1) is 11.7 Å². The topological polar surface area (TPSA) is 40.5 Å². The van der Waals surface area contributed by atoms with E-state index >= 15 is 0 Å². The van der Waals surface area contributed by atoms with Crippen molar-refractivity contribution in [3.63, 3.8) is 0 Å². The average molecular weight is 158 g/mol. The highest BCUT2D eigenvalue weighted by Gasteiger charge is 2.26. The largest absolute Gasteiger partial charge is 0.390 e. The minimum Gasteiger partial charge on any atom is -0.390 e. The first-order chi connectivity index (χ1) is 4.90. The molecule has 0 aromatic heterocycles. The number of rotatable bonds is 4. The summed E-state index contributed by atoms with van der Waals surface area (Å²) in [7, 11) is 0. The lowest BCUT2D eigenvalue weighted by atomic mass is 9.87. The monoisotopic (exact) mass is 158 g/mol. The SMILES string of the molecule is C=CC(O)CC(C)(O)C(C)C. The first kappa shape index (κ1) is 10.7. The van der Waals surface area contributed by atoms with Crippen molar-refractivity contribution in [1.29, 1.82) is 0 Å². The molecule has 2 nitrogen and oxygen atoms in total. The zero-order valence-corrected chi connectivity index (χ0v) is 7.54. The summed E-state index contributed by atoms with van der Waals surface area (Å²) in [6.45, 7) is 9.02. The third-order valence-corrected chi connectivity index (χ3v) is 2.14. The van der Waals surface area contributed by atoms with E-state index in [9.17, 15) is 5.11 Å². The molecule has 0 aliphatic heterocycles. The van der Waals surface area contributed by atoms with Gasteiger partial charge < -0.3 is 10.2 Å². The highest BCUT2D eigenvalue weighted by Crippen LogP contribution is 2.21. The van der Waals surface area contributed by atoms with E-state index in [1.54, 1.807) is 6.92 Å². The molecule has 0 radical (unpaired) electrons. The van der Waals surface area contributed by atoms with Crippen molar-refractivity contribution in [2.75, 3.05) is 0 Å². The van der Waals surface area contributed by atoms with Gasteiger partial charge >= 0.3 is 0 Å². The molecule has 0 saturated heterocycles.